The normalized spacial score (nSPS) is 19.5. The van der Waals surface area contributed by atoms with Gasteiger partial charge in [-0.05, 0) is 62.1 Å². The number of aryl methyl sites for hydroxylation is 1. The summed E-state index contributed by atoms with van der Waals surface area (Å²) >= 11 is 0. The van der Waals surface area contributed by atoms with Crippen molar-refractivity contribution in [1.82, 2.24) is 4.72 Å². The van der Waals surface area contributed by atoms with Gasteiger partial charge in [0, 0.05) is 43.5 Å². The SMILES string of the molecule is CC1CCc2ccccc2N1CCNS(=O)(=O)c1ccc(N2CCCC2=O)cc1. The summed E-state index contributed by atoms with van der Waals surface area (Å²) in [5.41, 5.74) is 3.27. The lowest BCUT2D eigenvalue weighted by Crippen LogP contribution is -2.42. The second kappa shape index (κ2) is 8.16. The first-order chi connectivity index (χ1) is 14.0. The number of rotatable bonds is 6. The van der Waals surface area contributed by atoms with Crippen molar-refractivity contribution in [1.29, 1.82) is 0 Å². The minimum Gasteiger partial charge on any atom is -0.367 e. The van der Waals surface area contributed by atoms with Gasteiger partial charge in [0.25, 0.3) is 0 Å². The van der Waals surface area contributed by atoms with Crippen molar-refractivity contribution in [2.24, 2.45) is 0 Å². The van der Waals surface area contributed by atoms with E-state index in [4.69, 9.17) is 0 Å². The van der Waals surface area contributed by atoms with E-state index in [1.54, 1.807) is 29.2 Å². The number of nitrogens with one attached hydrogen (secondary N) is 1. The van der Waals surface area contributed by atoms with Gasteiger partial charge in [0.15, 0.2) is 0 Å². The number of nitrogens with zero attached hydrogens (tertiary/aromatic N) is 2. The molecule has 2 aliphatic heterocycles. The smallest absolute Gasteiger partial charge is 0.240 e. The van der Waals surface area contributed by atoms with Crippen LogP contribution < -0.4 is 14.5 Å². The number of sulfonamides is 1. The van der Waals surface area contributed by atoms with Crippen molar-refractivity contribution in [2.75, 3.05) is 29.4 Å². The number of hydrogen-bond donors (Lipinski definition) is 1. The van der Waals surface area contributed by atoms with Crippen LogP contribution in [0.25, 0.3) is 0 Å². The van der Waals surface area contributed by atoms with E-state index in [9.17, 15) is 13.2 Å². The first-order valence-electron chi connectivity index (χ1n) is 10.2. The van der Waals surface area contributed by atoms with Gasteiger partial charge in [0.1, 0.15) is 0 Å². The molecular formula is C22H27N3O3S. The summed E-state index contributed by atoms with van der Waals surface area (Å²) in [6, 6.07) is 15.3. The van der Waals surface area contributed by atoms with Crippen LogP contribution in [0.4, 0.5) is 11.4 Å². The van der Waals surface area contributed by atoms with Crippen LogP contribution in [-0.2, 0) is 21.2 Å². The standard InChI is InChI=1S/C22H27N3O3S/c1-17-8-9-18-5-2-3-6-21(18)24(17)16-14-23-29(27,28)20-12-10-19(11-13-20)25-15-4-7-22(25)26/h2-3,5-6,10-13,17,23H,4,7-9,14-16H2,1H3. The van der Waals surface area contributed by atoms with E-state index >= 15 is 0 Å². The van der Waals surface area contributed by atoms with E-state index in [1.165, 1.54) is 11.3 Å². The van der Waals surface area contributed by atoms with E-state index < -0.39 is 10.0 Å². The van der Waals surface area contributed by atoms with E-state index in [-0.39, 0.29) is 10.8 Å². The highest BCUT2D eigenvalue weighted by molar-refractivity contribution is 7.89. The molecule has 154 valence electrons. The first-order valence-corrected chi connectivity index (χ1v) is 11.7. The van der Waals surface area contributed by atoms with E-state index in [1.807, 2.05) is 6.07 Å². The number of benzene rings is 2. The van der Waals surface area contributed by atoms with Crippen LogP contribution in [0.2, 0.25) is 0 Å². The molecule has 2 heterocycles. The van der Waals surface area contributed by atoms with Gasteiger partial charge in [-0.15, -0.1) is 0 Å². The van der Waals surface area contributed by atoms with Crippen LogP contribution in [0.3, 0.4) is 0 Å². The van der Waals surface area contributed by atoms with Crippen LogP contribution in [0.15, 0.2) is 53.4 Å². The summed E-state index contributed by atoms with van der Waals surface area (Å²) in [6.07, 6.45) is 3.53. The highest BCUT2D eigenvalue weighted by Crippen LogP contribution is 2.30. The fraction of sp³-hybridized carbons (Fsp3) is 0.409. The summed E-state index contributed by atoms with van der Waals surface area (Å²) in [4.78, 5) is 16.1. The van der Waals surface area contributed by atoms with Gasteiger partial charge in [-0.2, -0.15) is 0 Å². The lowest BCUT2D eigenvalue weighted by atomic mass is 9.97. The molecule has 2 aliphatic rings. The van der Waals surface area contributed by atoms with E-state index in [0.717, 1.165) is 24.9 Å². The minimum atomic E-state index is -3.59. The molecule has 1 saturated heterocycles. The van der Waals surface area contributed by atoms with Crippen LogP contribution in [0.1, 0.15) is 31.7 Å². The molecule has 7 heteroatoms. The molecule has 2 aromatic carbocycles. The van der Waals surface area contributed by atoms with Gasteiger partial charge >= 0.3 is 0 Å². The van der Waals surface area contributed by atoms with Crippen molar-refractivity contribution in [3.63, 3.8) is 0 Å². The maximum Gasteiger partial charge on any atom is 0.240 e. The third kappa shape index (κ3) is 4.16. The zero-order valence-corrected chi connectivity index (χ0v) is 17.5. The van der Waals surface area contributed by atoms with E-state index in [0.29, 0.717) is 32.1 Å². The first kappa shape index (κ1) is 19.9. The third-order valence-corrected chi connectivity index (χ3v) is 7.32. The molecule has 0 bridgehead atoms. The minimum absolute atomic E-state index is 0.0923. The lowest BCUT2D eigenvalue weighted by molar-refractivity contribution is -0.117. The Morgan fingerprint density at radius 3 is 2.55 bits per heavy atom. The quantitative estimate of drug-likeness (QED) is 0.791. The zero-order valence-electron chi connectivity index (χ0n) is 16.7. The summed E-state index contributed by atoms with van der Waals surface area (Å²) in [5, 5.41) is 0. The van der Waals surface area contributed by atoms with Crippen LogP contribution in [0.5, 0.6) is 0 Å². The maximum absolute atomic E-state index is 12.7. The van der Waals surface area contributed by atoms with Crippen molar-refractivity contribution in [2.45, 2.75) is 43.5 Å². The molecule has 0 spiro atoms. The van der Waals surface area contributed by atoms with E-state index in [2.05, 4.69) is 34.7 Å². The third-order valence-electron chi connectivity index (χ3n) is 5.84. The molecule has 29 heavy (non-hydrogen) atoms. The largest absolute Gasteiger partial charge is 0.367 e. The summed E-state index contributed by atoms with van der Waals surface area (Å²) in [5.74, 6) is 0.0923. The predicted octanol–water partition coefficient (Wildman–Crippen LogP) is 2.93. The monoisotopic (exact) mass is 413 g/mol. The number of hydrogen-bond acceptors (Lipinski definition) is 4. The Morgan fingerprint density at radius 1 is 1.07 bits per heavy atom. The van der Waals surface area contributed by atoms with Gasteiger partial charge in [-0.25, -0.2) is 13.1 Å². The summed E-state index contributed by atoms with van der Waals surface area (Å²) in [6.45, 7) is 3.84. The van der Waals surface area contributed by atoms with Crippen molar-refractivity contribution in [3.05, 3.63) is 54.1 Å². The summed E-state index contributed by atoms with van der Waals surface area (Å²) < 4.78 is 28.1. The maximum atomic E-state index is 12.7. The Bertz CT molecular complexity index is 989. The van der Waals surface area contributed by atoms with Crippen LogP contribution >= 0.6 is 0 Å². The molecule has 1 N–H and O–H groups in total. The van der Waals surface area contributed by atoms with Gasteiger partial charge in [0.05, 0.1) is 4.90 Å². The van der Waals surface area contributed by atoms with Gasteiger partial charge in [-0.3, -0.25) is 4.79 Å². The number of fused-ring (bicyclic) bond motifs is 1. The molecule has 0 aromatic heterocycles. The molecule has 0 aliphatic carbocycles. The Morgan fingerprint density at radius 2 is 1.83 bits per heavy atom. The number of anilines is 2. The average Bonchev–Trinajstić information content (AvgIpc) is 3.15. The topological polar surface area (TPSA) is 69.7 Å². The number of carbonyl (C=O) groups excluding carboxylic acids is 1. The lowest BCUT2D eigenvalue weighted by Gasteiger charge is -2.37. The van der Waals surface area contributed by atoms with Gasteiger partial charge in [0.2, 0.25) is 15.9 Å². The second-order valence-corrected chi connectivity index (χ2v) is 9.52. The molecule has 2 aromatic rings. The average molecular weight is 414 g/mol. The number of amides is 1. The van der Waals surface area contributed by atoms with Crippen LogP contribution in [-0.4, -0.2) is 40.0 Å². The number of para-hydroxylation sites is 1. The molecule has 0 radical (unpaired) electrons. The molecular weight excluding hydrogens is 386 g/mol. The van der Waals surface area contributed by atoms with Crippen LogP contribution in [0, 0.1) is 0 Å². The molecule has 0 saturated carbocycles. The van der Waals surface area contributed by atoms with Gasteiger partial charge in [-0.1, -0.05) is 18.2 Å². The highest BCUT2D eigenvalue weighted by Gasteiger charge is 2.24. The highest BCUT2D eigenvalue weighted by atomic mass is 32.2. The Kier molecular flexibility index (Phi) is 5.61. The van der Waals surface area contributed by atoms with Gasteiger partial charge < -0.3 is 9.80 Å². The zero-order chi connectivity index (χ0) is 20.4. The molecule has 1 atom stereocenters. The Balaban J connectivity index is 1.40. The molecule has 1 unspecified atom stereocenters. The van der Waals surface area contributed by atoms with Crippen molar-refractivity contribution in [3.8, 4) is 0 Å². The Hall–Kier alpha value is -2.38. The number of carbonyl (C=O) groups is 1. The molecule has 1 amide bonds. The predicted molar refractivity (Wildman–Crippen MR) is 115 cm³/mol. The van der Waals surface area contributed by atoms with Crippen molar-refractivity contribution >= 4 is 27.3 Å². The molecule has 1 fully saturated rings. The summed E-state index contributed by atoms with van der Waals surface area (Å²) in [7, 11) is -3.59. The molecule has 6 nitrogen and oxygen atoms in total. The second-order valence-electron chi connectivity index (χ2n) is 7.75. The fourth-order valence-electron chi connectivity index (χ4n) is 4.21. The van der Waals surface area contributed by atoms with Crippen molar-refractivity contribution < 1.29 is 13.2 Å². The Labute approximate surface area is 172 Å². The fourth-order valence-corrected chi connectivity index (χ4v) is 5.23. The molecule has 4 rings (SSSR count).